The van der Waals surface area contributed by atoms with E-state index in [0.29, 0.717) is 6.04 Å². The average molecular weight is 259 g/mol. The minimum absolute atomic E-state index is 0.211. The minimum atomic E-state index is -0.211. The molecule has 1 N–H and O–H groups in total. The summed E-state index contributed by atoms with van der Waals surface area (Å²) in [6.45, 7) is 10.4. The molecule has 3 nitrogen and oxygen atoms in total. The Morgan fingerprint density at radius 3 is 2.06 bits per heavy atom. The second-order valence-electron chi connectivity index (χ2n) is 5.03. The van der Waals surface area contributed by atoms with E-state index in [4.69, 9.17) is 4.74 Å². The van der Waals surface area contributed by atoms with Crippen LogP contribution >= 0.6 is 0 Å². The van der Waals surface area contributed by atoms with Gasteiger partial charge in [-0.3, -0.25) is 4.90 Å². The maximum atomic E-state index is 10.3. The summed E-state index contributed by atoms with van der Waals surface area (Å²) in [5, 5.41) is 10.3. The zero-order chi connectivity index (χ0) is 14.0. The van der Waals surface area contributed by atoms with Crippen LogP contribution < -0.4 is 0 Å². The van der Waals surface area contributed by atoms with Gasteiger partial charge in [-0.25, -0.2) is 0 Å². The molecule has 18 heavy (non-hydrogen) atoms. The summed E-state index contributed by atoms with van der Waals surface area (Å²) in [6, 6.07) is 0.821. The zero-order valence-electron chi connectivity index (χ0n) is 13.0. The van der Waals surface area contributed by atoms with Gasteiger partial charge in [0.05, 0.1) is 12.7 Å². The maximum Gasteiger partial charge on any atom is 0.0695 e. The molecule has 0 aromatic rings. The van der Waals surface area contributed by atoms with E-state index in [9.17, 15) is 5.11 Å². The van der Waals surface area contributed by atoms with Crippen LogP contribution in [0.5, 0.6) is 0 Å². The Bertz CT molecular complexity index is 183. The fourth-order valence-electron chi connectivity index (χ4n) is 2.79. The zero-order valence-corrected chi connectivity index (χ0v) is 13.0. The Morgan fingerprint density at radius 2 is 1.67 bits per heavy atom. The van der Waals surface area contributed by atoms with Gasteiger partial charge in [-0.2, -0.15) is 0 Å². The lowest BCUT2D eigenvalue weighted by Crippen LogP contribution is -2.49. The molecular weight excluding hydrogens is 226 g/mol. The van der Waals surface area contributed by atoms with E-state index in [0.717, 1.165) is 45.3 Å². The van der Waals surface area contributed by atoms with Gasteiger partial charge >= 0.3 is 0 Å². The van der Waals surface area contributed by atoms with Crippen LogP contribution in [0, 0.1) is 0 Å². The Hall–Kier alpha value is -0.120. The first-order chi connectivity index (χ1) is 8.65. The van der Waals surface area contributed by atoms with Gasteiger partial charge in [-0.1, -0.05) is 34.1 Å². The van der Waals surface area contributed by atoms with Gasteiger partial charge in [0.2, 0.25) is 0 Å². The fraction of sp³-hybridized carbons (Fsp3) is 1.00. The molecule has 0 aliphatic carbocycles. The van der Waals surface area contributed by atoms with Crippen molar-refractivity contribution in [3.8, 4) is 0 Å². The predicted molar refractivity (Wildman–Crippen MR) is 77.9 cm³/mol. The van der Waals surface area contributed by atoms with E-state index in [1.807, 2.05) is 0 Å². The number of rotatable bonds is 11. The molecule has 0 saturated heterocycles. The topological polar surface area (TPSA) is 32.7 Å². The first kappa shape index (κ1) is 17.9. The summed E-state index contributed by atoms with van der Waals surface area (Å²) in [5.41, 5.74) is 0. The normalized spacial score (nSPS) is 15.3. The molecule has 0 bridgehead atoms. The number of hydrogen-bond donors (Lipinski definition) is 1. The van der Waals surface area contributed by atoms with Gasteiger partial charge in [0.15, 0.2) is 0 Å². The maximum absolute atomic E-state index is 10.3. The second kappa shape index (κ2) is 10.8. The third kappa shape index (κ3) is 5.68. The van der Waals surface area contributed by atoms with Gasteiger partial charge in [0, 0.05) is 25.7 Å². The molecular formula is C15H33NO2. The summed E-state index contributed by atoms with van der Waals surface area (Å²) >= 11 is 0. The van der Waals surface area contributed by atoms with Gasteiger partial charge < -0.3 is 9.84 Å². The van der Waals surface area contributed by atoms with Crippen molar-refractivity contribution >= 4 is 0 Å². The number of aliphatic hydroxyl groups excluding tert-OH is 1. The molecule has 0 aliphatic heterocycles. The predicted octanol–water partition coefficient (Wildman–Crippen LogP) is 3.06. The third-order valence-corrected chi connectivity index (χ3v) is 3.84. The lowest BCUT2D eigenvalue weighted by molar-refractivity contribution is 0.00133. The van der Waals surface area contributed by atoms with Crippen molar-refractivity contribution in [2.45, 2.75) is 78.0 Å². The van der Waals surface area contributed by atoms with E-state index in [2.05, 4.69) is 32.6 Å². The smallest absolute Gasteiger partial charge is 0.0695 e. The van der Waals surface area contributed by atoms with E-state index in [1.165, 1.54) is 0 Å². The number of aliphatic hydroxyl groups is 1. The Balaban J connectivity index is 4.74. The molecule has 0 heterocycles. The molecule has 0 spiro atoms. The van der Waals surface area contributed by atoms with Crippen molar-refractivity contribution in [1.29, 1.82) is 0 Å². The highest BCUT2D eigenvalue weighted by molar-refractivity contribution is 4.82. The molecule has 2 atom stereocenters. The molecule has 3 heteroatoms. The quantitative estimate of drug-likeness (QED) is 0.619. The highest BCUT2D eigenvalue weighted by Gasteiger charge is 2.27. The molecule has 0 rings (SSSR count). The Morgan fingerprint density at radius 1 is 1.06 bits per heavy atom. The SMILES string of the molecule is CCCC(O)C(CC)N(CCOC)C(CC)CC. The van der Waals surface area contributed by atoms with E-state index in [1.54, 1.807) is 7.11 Å². The summed E-state index contributed by atoms with van der Waals surface area (Å²) in [7, 11) is 1.74. The minimum Gasteiger partial charge on any atom is -0.391 e. The molecule has 0 saturated carbocycles. The van der Waals surface area contributed by atoms with Crippen LogP contribution in [0.1, 0.15) is 59.8 Å². The van der Waals surface area contributed by atoms with Crippen LogP contribution in [0.25, 0.3) is 0 Å². The molecule has 0 radical (unpaired) electrons. The number of nitrogens with zero attached hydrogens (tertiary/aromatic N) is 1. The molecule has 0 aliphatic rings. The lowest BCUT2D eigenvalue weighted by Gasteiger charge is -2.39. The van der Waals surface area contributed by atoms with Crippen molar-refractivity contribution in [3.63, 3.8) is 0 Å². The van der Waals surface area contributed by atoms with Crippen LogP contribution in [0.4, 0.5) is 0 Å². The van der Waals surface area contributed by atoms with E-state index < -0.39 is 0 Å². The van der Waals surface area contributed by atoms with Crippen LogP contribution in [0.15, 0.2) is 0 Å². The first-order valence-electron chi connectivity index (χ1n) is 7.58. The first-order valence-corrected chi connectivity index (χ1v) is 7.58. The van der Waals surface area contributed by atoms with Crippen molar-refractivity contribution in [3.05, 3.63) is 0 Å². The second-order valence-corrected chi connectivity index (χ2v) is 5.03. The molecule has 0 fully saturated rings. The highest BCUT2D eigenvalue weighted by atomic mass is 16.5. The largest absolute Gasteiger partial charge is 0.391 e. The molecule has 0 aromatic heterocycles. The molecule has 0 aromatic carbocycles. The van der Waals surface area contributed by atoms with Crippen LogP contribution in [0.2, 0.25) is 0 Å². The molecule has 2 unspecified atom stereocenters. The summed E-state index contributed by atoms with van der Waals surface area (Å²) in [5.74, 6) is 0. The van der Waals surface area contributed by atoms with Crippen LogP contribution in [-0.4, -0.2) is 48.5 Å². The standard InChI is InChI=1S/C15H33NO2/c1-6-10-15(17)14(9-4)16(11-12-18-5)13(7-2)8-3/h13-15,17H,6-12H2,1-5H3. The summed E-state index contributed by atoms with van der Waals surface area (Å²) < 4.78 is 5.22. The van der Waals surface area contributed by atoms with Gasteiger partial charge in [-0.05, 0) is 25.7 Å². The molecule has 0 amide bonds. The average Bonchev–Trinajstić information content (AvgIpc) is 2.37. The van der Waals surface area contributed by atoms with Crippen molar-refractivity contribution in [2.24, 2.45) is 0 Å². The number of hydrogen-bond acceptors (Lipinski definition) is 3. The summed E-state index contributed by atoms with van der Waals surface area (Å²) in [6.07, 6.45) is 4.99. The van der Waals surface area contributed by atoms with Gasteiger partial charge in [0.25, 0.3) is 0 Å². The monoisotopic (exact) mass is 259 g/mol. The van der Waals surface area contributed by atoms with Crippen molar-refractivity contribution in [2.75, 3.05) is 20.3 Å². The number of ether oxygens (including phenoxy) is 1. The van der Waals surface area contributed by atoms with Crippen LogP contribution in [-0.2, 0) is 4.74 Å². The van der Waals surface area contributed by atoms with Gasteiger partial charge in [0.1, 0.15) is 0 Å². The van der Waals surface area contributed by atoms with Crippen molar-refractivity contribution in [1.82, 2.24) is 4.90 Å². The third-order valence-electron chi connectivity index (χ3n) is 3.84. The summed E-state index contributed by atoms with van der Waals surface area (Å²) in [4.78, 5) is 2.46. The Kier molecular flexibility index (Phi) is 10.7. The van der Waals surface area contributed by atoms with E-state index in [-0.39, 0.29) is 12.1 Å². The lowest BCUT2D eigenvalue weighted by atomic mass is 9.98. The fourth-order valence-corrected chi connectivity index (χ4v) is 2.79. The van der Waals surface area contributed by atoms with Crippen LogP contribution in [0.3, 0.4) is 0 Å². The highest BCUT2D eigenvalue weighted by Crippen LogP contribution is 2.19. The van der Waals surface area contributed by atoms with Gasteiger partial charge in [-0.15, -0.1) is 0 Å². The van der Waals surface area contributed by atoms with Crippen molar-refractivity contribution < 1.29 is 9.84 Å². The van der Waals surface area contributed by atoms with E-state index >= 15 is 0 Å². The Labute approximate surface area is 114 Å². The number of methoxy groups -OCH3 is 1. The molecule has 110 valence electrons.